The number of esters is 1. The minimum absolute atomic E-state index is 0.130. The van der Waals surface area contributed by atoms with Crippen LogP contribution in [0.15, 0.2) is 48.7 Å². The Morgan fingerprint density at radius 1 is 1.00 bits per heavy atom. The van der Waals surface area contributed by atoms with Gasteiger partial charge in [-0.05, 0) is 62.7 Å². The molecule has 1 amide bonds. The number of nitrogens with zero attached hydrogens (tertiary/aromatic N) is 5. The van der Waals surface area contributed by atoms with Gasteiger partial charge in [-0.15, -0.1) is 0 Å². The van der Waals surface area contributed by atoms with E-state index in [9.17, 15) is 14.0 Å². The summed E-state index contributed by atoms with van der Waals surface area (Å²) in [5.74, 6) is -0.118. The SMILES string of the molecule is COC(=O)c1ccnc(N2CCN(C(=O)c3ccc4c(n3)C(C)(C)CN4c3ccc(C)c(F)c3)C(C)(C)C2)c1. The second-order valence-corrected chi connectivity index (χ2v) is 11.6. The van der Waals surface area contributed by atoms with E-state index in [4.69, 9.17) is 9.72 Å². The summed E-state index contributed by atoms with van der Waals surface area (Å²) in [7, 11) is 1.35. The molecular formula is C30H34FN5O3. The van der Waals surface area contributed by atoms with Crippen molar-refractivity contribution in [2.45, 2.75) is 45.6 Å². The van der Waals surface area contributed by atoms with Gasteiger partial charge in [-0.2, -0.15) is 0 Å². The predicted molar refractivity (Wildman–Crippen MR) is 148 cm³/mol. The van der Waals surface area contributed by atoms with E-state index < -0.39 is 11.5 Å². The zero-order valence-corrected chi connectivity index (χ0v) is 23.3. The van der Waals surface area contributed by atoms with Crippen LogP contribution >= 0.6 is 0 Å². The average Bonchev–Trinajstić information content (AvgIpc) is 3.18. The van der Waals surface area contributed by atoms with Crippen LogP contribution in [-0.4, -0.2) is 65.6 Å². The van der Waals surface area contributed by atoms with Crippen LogP contribution in [0, 0.1) is 12.7 Å². The van der Waals surface area contributed by atoms with E-state index in [0.29, 0.717) is 48.8 Å². The van der Waals surface area contributed by atoms with Crippen LogP contribution in [0.25, 0.3) is 0 Å². The Morgan fingerprint density at radius 3 is 2.46 bits per heavy atom. The number of amides is 1. The average molecular weight is 532 g/mol. The molecule has 9 heteroatoms. The fraction of sp³-hybridized carbons (Fsp3) is 0.400. The van der Waals surface area contributed by atoms with Crippen LogP contribution in [-0.2, 0) is 10.2 Å². The number of aryl methyl sites for hydroxylation is 1. The molecule has 39 heavy (non-hydrogen) atoms. The van der Waals surface area contributed by atoms with Gasteiger partial charge in [0.15, 0.2) is 0 Å². The number of hydrogen-bond acceptors (Lipinski definition) is 7. The monoisotopic (exact) mass is 531 g/mol. The highest BCUT2D eigenvalue weighted by atomic mass is 19.1. The van der Waals surface area contributed by atoms with E-state index in [-0.39, 0.29) is 17.1 Å². The molecule has 5 rings (SSSR count). The molecule has 2 aromatic heterocycles. The standard InChI is InChI=1S/C30H34FN5O3/c1-19-7-8-21(16-22(19)31)35-17-29(2,3)26-24(35)10-9-23(33-26)27(37)36-14-13-34(18-30(36,4)5)25-15-20(11-12-32-25)28(38)39-6/h7-12,15-16H,13-14,17-18H2,1-6H3. The van der Waals surface area contributed by atoms with E-state index in [2.05, 4.69) is 28.6 Å². The van der Waals surface area contributed by atoms with Gasteiger partial charge in [-0.1, -0.05) is 19.9 Å². The highest BCUT2D eigenvalue weighted by Crippen LogP contribution is 2.43. The molecule has 4 heterocycles. The largest absolute Gasteiger partial charge is 0.465 e. The molecule has 1 aromatic carbocycles. The first-order valence-electron chi connectivity index (χ1n) is 13.1. The topological polar surface area (TPSA) is 78.9 Å². The summed E-state index contributed by atoms with van der Waals surface area (Å²) in [6, 6.07) is 12.3. The Kier molecular flexibility index (Phi) is 6.56. The van der Waals surface area contributed by atoms with Crippen LogP contribution in [0.1, 0.15) is 59.8 Å². The van der Waals surface area contributed by atoms with Crippen molar-refractivity contribution in [3.8, 4) is 0 Å². The summed E-state index contributed by atoms with van der Waals surface area (Å²) in [6.07, 6.45) is 1.59. The zero-order valence-electron chi connectivity index (χ0n) is 23.3. The van der Waals surface area contributed by atoms with E-state index in [1.807, 2.05) is 30.9 Å². The molecule has 0 N–H and O–H groups in total. The normalized spacial score (nSPS) is 17.7. The number of carbonyl (C=O) groups is 2. The van der Waals surface area contributed by atoms with Gasteiger partial charge in [-0.3, -0.25) is 4.79 Å². The van der Waals surface area contributed by atoms with Crippen molar-refractivity contribution in [2.75, 3.05) is 43.1 Å². The molecule has 3 aromatic rings. The highest BCUT2D eigenvalue weighted by Gasteiger charge is 2.41. The van der Waals surface area contributed by atoms with Gasteiger partial charge < -0.3 is 19.4 Å². The molecule has 1 saturated heterocycles. The maximum atomic E-state index is 14.3. The Balaban J connectivity index is 1.38. The van der Waals surface area contributed by atoms with Crippen LogP contribution in [0.4, 0.5) is 21.6 Å². The van der Waals surface area contributed by atoms with Gasteiger partial charge in [0.2, 0.25) is 0 Å². The number of pyridine rings is 2. The van der Waals surface area contributed by atoms with Gasteiger partial charge in [0.05, 0.1) is 29.6 Å². The van der Waals surface area contributed by atoms with Crippen molar-refractivity contribution in [3.05, 3.63) is 77.0 Å². The number of benzene rings is 1. The zero-order chi connectivity index (χ0) is 28.1. The molecule has 0 saturated carbocycles. The lowest BCUT2D eigenvalue weighted by atomic mass is 9.91. The summed E-state index contributed by atoms with van der Waals surface area (Å²) in [5, 5.41) is 0. The predicted octanol–water partition coefficient (Wildman–Crippen LogP) is 4.88. The third-order valence-corrected chi connectivity index (χ3v) is 7.68. The number of carbonyl (C=O) groups excluding carboxylic acids is 2. The first-order chi connectivity index (χ1) is 18.4. The lowest BCUT2D eigenvalue weighted by Gasteiger charge is -2.47. The van der Waals surface area contributed by atoms with E-state index in [0.717, 1.165) is 17.1 Å². The Bertz CT molecular complexity index is 1450. The number of halogens is 1. The molecule has 2 aliphatic heterocycles. The Labute approximate surface area is 228 Å². The van der Waals surface area contributed by atoms with Crippen molar-refractivity contribution in [2.24, 2.45) is 0 Å². The number of anilines is 3. The van der Waals surface area contributed by atoms with Crippen molar-refractivity contribution in [1.29, 1.82) is 0 Å². The summed E-state index contributed by atoms with van der Waals surface area (Å²) in [5.41, 5.74) is 3.09. The maximum absolute atomic E-state index is 14.3. The van der Waals surface area contributed by atoms with Crippen molar-refractivity contribution in [3.63, 3.8) is 0 Å². The van der Waals surface area contributed by atoms with Crippen molar-refractivity contribution in [1.82, 2.24) is 14.9 Å². The first kappa shape index (κ1) is 26.6. The van der Waals surface area contributed by atoms with Gasteiger partial charge in [-0.25, -0.2) is 19.2 Å². The number of rotatable bonds is 4. The molecule has 0 bridgehead atoms. The minimum Gasteiger partial charge on any atom is -0.465 e. The van der Waals surface area contributed by atoms with E-state index in [1.54, 1.807) is 43.5 Å². The number of fused-ring (bicyclic) bond motifs is 1. The summed E-state index contributed by atoms with van der Waals surface area (Å²) in [6.45, 7) is 12.2. The fourth-order valence-electron chi connectivity index (χ4n) is 5.52. The van der Waals surface area contributed by atoms with Crippen LogP contribution < -0.4 is 9.80 Å². The third kappa shape index (κ3) is 4.82. The quantitative estimate of drug-likeness (QED) is 0.444. The molecule has 204 valence electrons. The number of methoxy groups -OCH3 is 1. The molecule has 1 fully saturated rings. The summed E-state index contributed by atoms with van der Waals surface area (Å²) in [4.78, 5) is 41.1. The molecular weight excluding hydrogens is 497 g/mol. The number of aromatic nitrogens is 2. The van der Waals surface area contributed by atoms with Gasteiger partial charge in [0, 0.05) is 43.5 Å². The smallest absolute Gasteiger partial charge is 0.338 e. The second kappa shape index (κ2) is 9.63. The Morgan fingerprint density at radius 2 is 1.77 bits per heavy atom. The Hall–Kier alpha value is -4.01. The van der Waals surface area contributed by atoms with Gasteiger partial charge in [0.1, 0.15) is 17.3 Å². The van der Waals surface area contributed by atoms with E-state index >= 15 is 0 Å². The number of hydrogen-bond donors (Lipinski definition) is 0. The number of ether oxygens (including phenoxy) is 1. The first-order valence-corrected chi connectivity index (χ1v) is 13.1. The molecule has 0 aliphatic carbocycles. The van der Waals surface area contributed by atoms with Crippen molar-refractivity contribution >= 4 is 29.1 Å². The highest BCUT2D eigenvalue weighted by molar-refractivity contribution is 5.94. The van der Waals surface area contributed by atoms with Gasteiger partial charge in [0.25, 0.3) is 5.91 Å². The lowest BCUT2D eigenvalue weighted by Crippen LogP contribution is -2.61. The van der Waals surface area contributed by atoms with Crippen LogP contribution in [0.3, 0.4) is 0 Å². The van der Waals surface area contributed by atoms with Gasteiger partial charge >= 0.3 is 5.97 Å². The molecule has 0 spiro atoms. The molecule has 8 nitrogen and oxygen atoms in total. The summed E-state index contributed by atoms with van der Waals surface area (Å²) < 4.78 is 19.2. The third-order valence-electron chi connectivity index (χ3n) is 7.68. The minimum atomic E-state index is -0.514. The van der Waals surface area contributed by atoms with Crippen LogP contribution in [0.2, 0.25) is 0 Å². The molecule has 2 aliphatic rings. The van der Waals surface area contributed by atoms with E-state index in [1.165, 1.54) is 7.11 Å². The number of piperazine rings is 1. The van der Waals surface area contributed by atoms with Crippen LogP contribution in [0.5, 0.6) is 0 Å². The lowest BCUT2D eigenvalue weighted by molar-refractivity contribution is 0.0507. The molecule has 0 radical (unpaired) electrons. The molecule has 0 unspecified atom stereocenters. The molecule has 0 atom stereocenters. The maximum Gasteiger partial charge on any atom is 0.338 e. The summed E-state index contributed by atoms with van der Waals surface area (Å²) >= 11 is 0. The van der Waals surface area contributed by atoms with Crippen molar-refractivity contribution < 1.29 is 18.7 Å². The fourth-order valence-corrected chi connectivity index (χ4v) is 5.52. The second-order valence-electron chi connectivity index (χ2n) is 11.6.